The van der Waals surface area contributed by atoms with Gasteiger partial charge in [-0.2, -0.15) is 0 Å². The standard InChI is InChI=1S/C12H15ClFNO2/c1-3-17-12(16)10(14)11(15)9-7(2)5-4-6-8(9)13/h4-6,10-11H,3,15H2,1-2H3/t10?,11-/m1/s1. The predicted molar refractivity (Wildman–Crippen MR) is 64.6 cm³/mol. The summed E-state index contributed by atoms with van der Waals surface area (Å²) in [6.07, 6.45) is -1.91. The molecule has 0 fully saturated rings. The zero-order chi connectivity index (χ0) is 13.0. The Balaban J connectivity index is 2.96. The van der Waals surface area contributed by atoms with E-state index in [2.05, 4.69) is 4.74 Å². The van der Waals surface area contributed by atoms with Crippen LogP contribution < -0.4 is 5.73 Å². The summed E-state index contributed by atoms with van der Waals surface area (Å²) in [7, 11) is 0. The van der Waals surface area contributed by atoms with Gasteiger partial charge in [0.25, 0.3) is 0 Å². The van der Waals surface area contributed by atoms with Gasteiger partial charge in [0.15, 0.2) is 0 Å². The summed E-state index contributed by atoms with van der Waals surface area (Å²) >= 11 is 5.95. The van der Waals surface area contributed by atoms with Crippen molar-refractivity contribution < 1.29 is 13.9 Å². The molecular weight excluding hydrogens is 245 g/mol. The monoisotopic (exact) mass is 259 g/mol. The van der Waals surface area contributed by atoms with Crippen LogP contribution in [0.25, 0.3) is 0 Å². The van der Waals surface area contributed by atoms with E-state index in [1.165, 1.54) is 0 Å². The molecule has 0 radical (unpaired) electrons. The Morgan fingerprint density at radius 3 is 2.76 bits per heavy atom. The summed E-state index contributed by atoms with van der Waals surface area (Å²) < 4.78 is 18.4. The number of ether oxygens (including phenoxy) is 1. The molecule has 0 saturated carbocycles. The minimum Gasteiger partial charge on any atom is -0.464 e. The topological polar surface area (TPSA) is 52.3 Å². The third-order valence-corrected chi connectivity index (χ3v) is 2.76. The van der Waals surface area contributed by atoms with Crippen molar-refractivity contribution in [3.05, 3.63) is 34.3 Å². The molecule has 0 aliphatic rings. The van der Waals surface area contributed by atoms with E-state index < -0.39 is 18.2 Å². The number of rotatable bonds is 4. The summed E-state index contributed by atoms with van der Waals surface area (Å²) in [6, 6.07) is 4.01. The third kappa shape index (κ3) is 3.17. The van der Waals surface area contributed by atoms with Crippen LogP contribution in [0.3, 0.4) is 0 Å². The van der Waals surface area contributed by atoms with Crippen molar-refractivity contribution in [3.8, 4) is 0 Å². The quantitative estimate of drug-likeness (QED) is 0.846. The Labute approximate surface area is 105 Å². The molecule has 0 bridgehead atoms. The van der Waals surface area contributed by atoms with E-state index in [9.17, 15) is 9.18 Å². The van der Waals surface area contributed by atoms with Crippen LogP contribution in [0, 0.1) is 6.92 Å². The summed E-state index contributed by atoms with van der Waals surface area (Å²) in [5.74, 6) is -0.959. The van der Waals surface area contributed by atoms with Gasteiger partial charge in [0, 0.05) is 5.02 Å². The van der Waals surface area contributed by atoms with Crippen LogP contribution in [0.2, 0.25) is 5.02 Å². The van der Waals surface area contributed by atoms with E-state index in [4.69, 9.17) is 17.3 Å². The molecule has 17 heavy (non-hydrogen) atoms. The molecule has 3 nitrogen and oxygen atoms in total. The number of aryl methyl sites for hydroxylation is 1. The molecule has 0 aliphatic heterocycles. The number of esters is 1. The number of carbonyl (C=O) groups excluding carboxylic acids is 1. The second-order valence-electron chi connectivity index (χ2n) is 3.65. The Bertz CT molecular complexity index is 391. The molecule has 0 spiro atoms. The van der Waals surface area contributed by atoms with Gasteiger partial charge in [0.1, 0.15) is 0 Å². The van der Waals surface area contributed by atoms with Crippen molar-refractivity contribution in [1.29, 1.82) is 0 Å². The summed E-state index contributed by atoms with van der Waals surface area (Å²) in [5.41, 5.74) is 6.90. The lowest BCUT2D eigenvalue weighted by atomic mass is 9.98. The first-order valence-electron chi connectivity index (χ1n) is 5.30. The average Bonchev–Trinajstić information content (AvgIpc) is 2.27. The van der Waals surface area contributed by atoms with Gasteiger partial charge >= 0.3 is 5.97 Å². The van der Waals surface area contributed by atoms with Crippen LogP contribution in [0.4, 0.5) is 4.39 Å². The number of benzene rings is 1. The lowest BCUT2D eigenvalue weighted by Crippen LogP contribution is -2.32. The van der Waals surface area contributed by atoms with Gasteiger partial charge in [-0.3, -0.25) is 0 Å². The molecule has 1 unspecified atom stereocenters. The molecule has 0 aliphatic carbocycles. The first-order chi connectivity index (χ1) is 7.99. The number of halogens is 2. The van der Waals surface area contributed by atoms with Gasteiger partial charge in [-0.25, -0.2) is 9.18 Å². The second-order valence-corrected chi connectivity index (χ2v) is 4.06. The molecule has 1 aromatic carbocycles. The van der Waals surface area contributed by atoms with Crippen molar-refractivity contribution in [3.63, 3.8) is 0 Å². The van der Waals surface area contributed by atoms with Crippen molar-refractivity contribution >= 4 is 17.6 Å². The smallest absolute Gasteiger partial charge is 0.342 e. The molecule has 1 rings (SSSR count). The highest BCUT2D eigenvalue weighted by Crippen LogP contribution is 2.28. The Morgan fingerprint density at radius 1 is 1.59 bits per heavy atom. The van der Waals surface area contributed by atoms with Crippen LogP contribution in [-0.4, -0.2) is 18.7 Å². The SMILES string of the molecule is CCOC(=O)C(F)[C@H](N)c1c(C)cccc1Cl. The molecular formula is C12H15ClFNO2. The van der Waals surface area contributed by atoms with Crippen molar-refractivity contribution in [2.24, 2.45) is 5.73 Å². The Kier molecular flexibility index (Phi) is 4.90. The van der Waals surface area contributed by atoms with Gasteiger partial charge in [0.05, 0.1) is 12.6 Å². The lowest BCUT2D eigenvalue weighted by Gasteiger charge is -2.19. The largest absolute Gasteiger partial charge is 0.464 e. The third-order valence-electron chi connectivity index (χ3n) is 2.43. The first-order valence-corrected chi connectivity index (χ1v) is 5.68. The normalized spacial score (nSPS) is 14.2. The van der Waals surface area contributed by atoms with E-state index >= 15 is 0 Å². The minimum atomic E-state index is -1.91. The Morgan fingerprint density at radius 2 is 2.24 bits per heavy atom. The van der Waals surface area contributed by atoms with Gasteiger partial charge in [-0.1, -0.05) is 23.7 Å². The molecule has 5 heteroatoms. The zero-order valence-corrected chi connectivity index (χ0v) is 10.5. The summed E-state index contributed by atoms with van der Waals surface area (Å²) in [6.45, 7) is 3.49. The van der Waals surface area contributed by atoms with Gasteiger partial charge in [0.2, 0.25) is 6.17 Å². The lowest BCUT2D eigenvalue weighted by molar-refractivity contribution is -0.149. The summed E-state index contributed by atoms with van der Waals surface area (Å²) in [4.78, 5) is 11.3. The van der Waals surface area contributed by atoms with E-state index in [0.29, 0.717) is 10.6 Å². The van der Waals surface area contributed by atoms with E-state index in [-0.39, 0.29) is 6.61 Å². The van der Waals surface area contributed by atoms with Crippen LogP contribution >= 0.6 is 11.6 Å². The fourth-order valence-corrected chi connectivity index (χ4v) is 1.93. The number of hydrogen-bond acceptors (Lipinski definition) is 3. The van der Waals surface area contributed by atoms with Crippen LogP contribution in [0.15, 0.2) is 18.2 Å². The molecule has 1 aromatic rings. The fraction of sp³-hybridized carbons (Fsp3) is 0.417. The van der Waals surface area contributed by atoms with Gasteiger partial charge in [-0.05, 0) is 31.0 Å². The van der Waals surface area contributed by atoms with Gasteiger partial charge < -0.3 is 10.5 Å². The number of alkyl halides is 1. The molecule has 0 aromatic heterocycles. The fourth-order valence-electron chi connectivity index (χ4n) is 1.58. The highest BCUT2D eigenvalue weighted by Gasteiger charge is 2.29. The number of carbonyl (C=O) groups is 1. The number of nitrogens with two attached hydrogens (primary N) is 1. The maximum absolute atomic E-state index is 13.8. The van der Waals surface area contributed by atoms with Crippen molar-refractivity contribution in [2.45, 2.75) is 26.1 Å². The Hall–Kier alpha value is -1.13. The van der Waals surface area contributed by atoms with Crippen molar-refractivity contribution in [1.82, 2.24) is 0 Å². The molecule has 2 N–H and O–H groups in total. The highest BCUT2D eigenvalue weighted by atomic mass is 35.5. The summed E-state index contributed by atoms with van der Waals surface area (Å²) in [5, 5.41) is 0.351. The van der Waals surface area contributed by atoms with Crippen LogP contribution in [-0.2, 0) is 9.53 Å². The second kappa shape index (κ2) is 5.98. The minimum absolute atomic E-state index is 0.119. The molecule has 94 valence electrons. The van der Waals surface area contributed by atoms with E-state index in [1.54, 1.807) is 32.0 Å². The first kappa shape index (κ1) is 13.9. The number of hydrogen-bond donors (Lipinski definition) is 1. The zero-order valence-electron chi connectivity index (χ0n) is 9.74. The molecule has 0 saturated heterocycles. The maximum atomic E-state index is 13.8. The van der Waals surface area contributed by atoms with Gasteiger partial charge in [-0.15, -0.1) is 0 Å². The molecule has 2 atom stereocenters. The maximum Gasteiger partial charge on any atom is 0.342 e. The molecule has 0 heterocycles. The van der Waals surface area contributed by atoms with E-state index in [0.717, 1.165) is 5.56 Å². The van der Waals surface area contributed by atoms with E-state index in [1.807, 2.05) is 0 Å². The predicted octanol–water partition coefficient (Wildman–Crippen LogP) is 2.55. The van der Waals surface area contributed by atoms with Crippen molar-refractivity contribution in [2.75, 3.05) is 6.61 Å². The van der Waals surface area contributed by atoms with Crippen LogP contribution in [0.1, 0.15) is 24.1 Å². The molecule has 0 amide bonds. The van der Waals surface area contributed by atoms with Crippen LogP contribution in [0.5, 0.6) is 0 Å². The highest BCUT2D eigenvalue weighted by molar-refractivity contribution is 6.31. The average molecular weight is 260 g/mol.